The van der Waals surface area contributed by atoms with Crippen LogP contribution in [0.3, 0.4) is 0 Å². The number of rotatable bonds is 2. The molecule has 4 heteroatoms. The predicted octanol–water partition coefficient (Wildman–Crippen LogP) is 5.03. The van der Waals surface area contributed by atoms with Gasteiger partial charge in [-0.3, -0.25) is 4.98 Å². The van der Waals surface area contributed by atoms with E-state index in [-0.39, 0.29) is 5.88 Å². The van der Waals surface area contributed by atoms with Crippen molar-refractivity contribution >= 4 is 28.2 Å². The molecule has 5 rings (SSSR count). The van der Waals surface area contributed by atoms with Crippen molar-refractivity contribution in [2.75, 3.05) is 0 Å². The first-order valence-electron chi connectivity index (χ1n) is 8.98. The van der Waals surface area contributed by atoms with E-state index in [2.05, 4.69) is 11.1 Å². The summed E-state index contributed by atoms with van der Waals surface area (Å²) in [5, 5.41) is 13.5. The molecule has 0 aliphatic heterocycles. The minimum absolute atomic E-state index is 0.273. The standard InChI is InChI=1S/C24H15ClN2O/c25-19-11-12-21-20(15-19)26-24(28)23-14-18(16-7-3-1-4-8-16)13-22(27(21)23)17-9-5-2-6-10-17/h1-15H. The fourth-order valence-corrected chi connectivity index (χ4v) is 3.74. The molecule has 5 aromatic rings. The summed E-state index contributed by atoms with van der Waals surface area (Å²) in [4.78, 5) is 4.27. The number of halogens is 1. The third kappa shape index (κ3) is 2.77. The number of hydrogen-bond acceptors (Lipinski definition) is 2. The first-order chi connectivity index (χ1) is 13.7. The van der Waals surface area contributed by atoms with E-state index in [1.54, 1.807) is 6.07 Å². The molecule has 3 nitrogen and oxygen atoms in total. The molecule has 0 radical (unpaired) electrons. The van der Waals surface area contributed by atoms with E-state index in [0.29, 0.717) is 16.1 Å². The van der Waals surface area contributed by atoms with E-state index in [9.17, 15) is 5.11 Å². The minimum atomic E-state index is -0.273. The Morgan fingerprint density at radius 1 is 0.679 bits per heavy atom. The molecule has 0 N–H and O–H groups in total. The molecule has 0 bridgehead atoms. The van der Waals surface area contributed by atoms with E-state index in [1.807, 2.05) is 83.3 Å². The monoisotopic (exact) mass is 382 g/mol. The highest BCUT2D eigenvalue weighted by atomic mass is 35.5. The van der Waals surface area contributed by atoms with Crippen LogP contribution in [0.1, 0.15) is 0 Å². The maximum absolute atomic E-state index is 12.9. The summed E-state index contributed by atoms with van der Waals surface area (Å²) in [5.74, 6) is -0.273. The lowest BCUT2D eigenvalue weighted by Crippen LogP contribution is -2.28. The lowest BCUT2D eigenvalue weighted by Gasteiger charge is -2.12. The topological polar surface area (TPSA) is 40.1 Å². The number of aromatic nitrogens is 2. The smallest absolute Gasteiger partial charge is 0.237 e. The largest absolute Gasteiger partial charge is 0.854 e. The number of fused-ring (bicyclic) bond motifs is 3. The van der Waals surface area contributed by atoms with Crippen LogP contribution in [0.2, 0.25) is 5.02 Å². The van der Waals surface area contributed by atoms with Crippen molar-refractivity contribution in [1.29, 1.82) is 0 Å². The van der Waals surface area contributed by atoms with Crippen LogP contribution >= 0.6 is 11.6 Å². The fourth-order valence-electron chi connectivity index (χ4n) is 3.57. The van der Waals surface area contributed by atoms with Gasteiger partial charge in [-0.05, 0) is 35.4 Å². The fraction of sp³-hybridized carbons (Fsp3) is 0. The zero-order valence-electron chi connectivity index (χ0n) is 14.8. The molecular formula is C24H15ClN2O. The molecule has 28 heavy (non-hydrogen) atoms. The van der Waals surface area contributed by atoms with Crippen LogP contribution in [0.4, 0.5) is 0 Å². The molecule has 3 aromatic carbocycles. The van der Waals surface area contributed by atoms with Crippen LogP contribution in [0, 0.1) is 0 Å². The number of hydrogen-bond donors (Lipinski definition) is 0. The van der Waals surface area contributed by atoms with E-state index < -0.39 is 0 Å². The maximum atomic E-state index is 12.9. The van der Waals surface area contributed by atoms with E-state index in [1.165, 1.54) is 0 Å². The molecule has 0 atom stereocenters. The second-order valence-electron chi connectivity index (χ2n) is 6.63. The molecule has 134 valence electrons. The van der Waals surface area contributed by atoms with Crippen LogP contribution in [0.15, 0.2) is 91.0 Å². The Kier molecular flexibility index (Phi) is 3.96. The van der Waals surface area contributed by atoms with Crippen molar-refractivity contribution in [2.45, 2.75) is 0 Å². The molecule has 0 amide bonds. The van der Waals surface area contributed by atoms with Crippen molar-refractivity contribution < 1.29 is 9.51 Å². The SMILES string of the molecule is [O-]c1nc2cc(Cl)ccc2[n+]2c(-c3ccccc3)cc(-c3ccccc3)cc12. The lowest BCUT2D eigenvalue weighted by atomic mass is 10.0. The minimum Gasteiger partial charge on any atom is -0.854 e. The summed E-state index contributed by atoms with van der Waals surface area (Å²) in [5.41, 5.74) is 5.96. The van der Waals surface area contributed by atoms with Crippen LogP contribution in [-0.2, 0) is 0 Å². The lowest BCUT2D eigenvalue weighted by molar-refractivity contribution is -0.474. The average Bonchev–Trinajstić information content (AvgIpc) is 2.74. The quantitative estimate of drug-likeness (QED) is 0.317. The highest BCUT2D eigenvalue weighted by Gasteiger charge is 2.20. The zero-order chi connectivity index (χ0) is 19.1. The Labute approximate surface area is 167 Å². The van der Waals surface area contributed by atoms with Crippen LogP contribution in [0.25, 0.3) is 38.9 Å². The summed E-state index contributed by atoms with van der Waals surface area (Å²) < 4.78 is 1.97. The van der Waals surface area contributed by atoms with E-state index in [4.69, 9.17) is 11.6 Å². The molecule has 0 aliphatic carbocycles. The van der Waals surface area contributed by atoms with Crippen molar-refractivity contribution in [3.8, 4) is 28.3 Å². The first kappa shape index (κ1) is 16.7. The Hall–Kier alpha value is -3.43. The van der Waals surface area contributed by atoms with Crippen molar-refractivity contribution in [3.63, 3.8) is 0 Å². The molecule has 0 saturated heterocycles. The molecule has 0 aliphatic rings. The van der Waals surface area contributed by atoms with Gasteiger partial charge in [0.15, 0.2) is 0 Å². The van der Waals surface area contributed by atoms with E-state index >= 15 is 0 Å². The Bertz CT molecular complexity index is 1320. The number of nitrogens with zero attached hydrogens (tertiary/aromatic N) is 2. The summed E-state index contributed by atoms with van der Waals surface area (Å²) in [7, 11) is 0. The van der Waals surface area contributed by atoms with Gasteiger partial charge in [0.2, 0.25) is 16.7 Å². The Morgan fingerprint density at radius 2 is 1.36 bits per heavy atom. The first-order valence-corrected chi connectivity index (χ1v) is 9.35. The summed E-state index contributed by atoms with van der Waals surface area (Å²) in [6.07, 6.45) is 0. The van der Waals surface area contributed by atoms with Gasteiger partial charge in [0.25, 0.3) is 0 Å². The summed E-state index contributed by atoms with van der Waals surface area (Å²) >= 11 is 6.13. The molecule has 0 unspecified atom stereocenters. The van der Waals surface area contributed by atoms with Crippen LogP contribution < -0.4 is 9.51 Å². The van der Waals surface area contributed by atoms with Gasteiger partial charge < -0.3 is 5.11 Å². The second kappa shape index (κ2) is 6.63. The van der Waals surface area contributed by atoms with Crippen molar-refractivity contribution in [3.05, 3.63) is 96.0 Å². The van der Waals surface area contributed by atoms with Crippen LogP contribution in [-0.4, -0.2) is 4.98 Å². The highest BCUT2D eigenvalue weighted by molar-refractivity contribution is 6.31. The molecule has 0 spiro atoms. The maximum Gasteiger partial charge on any atom is 0.237 e. The third-order valence-electron chi connectivity index (χ3n) is 4.86. The number of pyridine rings is 1. The van der Waals surface area contributed by atoms with Crippen molar-refractivity contribution in [1.82, 2.24) is 4.98 Å². The van der Waals surface area contributed by atoms with Crippen LogP contribution in [0.5, 0.6) is 5.88 Å². The summed E-state index contributed by atoms with van der Waals surface area (Å²) in [6, 6.07) is 29.6. The Balaban J connectivity index is 1.95. The molecular weight excluding hydrogens is 368 g/mol. The van der Waals surface area contributed by atoms with E-state index in [0.717, 1.165) is 27.9 Å². The van der Waals surface area contributed by atoms with Gasteiger partial charge >= 0.3 is 0 Å². The van der Waals surface area contributed by atoms with Gasteiger partial charge in [-0.15, -0.1) is 0 Å². The van der Waals surface area contributed by atoms with Gasteiger partial charge in [0.05, 0.1) is 5.88 Å². The zero-order valence-corrected chi connectivity index (χ0v) is 15.6. The average molecular weight is 383 g/mol. The summed E-state index contributed by atoms with van der Waals surface area (Å²) in [6.45, 7) is 0. The van der Waals surface area contributed by atoms with Gasteiger partial charge in [-0.2, -0.15) is 4.40 Å². The molecule has 2 heterocycles. The van der Waals surface area contributed by atoms with Gasteiger partial charge in [-0.1, -0.05) is 60.1 Å². The molecule has 2 aromatic heterocycles. The normalized spacial score (nSPS) is 11.2. The molecule has 0 fully saturated rings. The second-order valence-corrected chi connectivity index (χ2v) is 7.07. The number of benzene rings is 3. The van der Waals surface area contributed by atoms with Gasteiger partial charge in [0, 0.05) is 28.8 Å². The third-order valence-corrected chi connectivity index (χ3v) is 5.10. The van der Waals surface area contributed by atoms with Gasteiger partial charge in [0.1, 0.15) is 5.52 Å². The highest BCUT2D eigenvalue weighted by Crippen LogP contribution is 2.29. The van der Waals surface area contributed by atoms with Crippen molar-refractivity contribution in [2.24, 2.45) is 0 Å². The molecule has 0 saturated carbocycles. The predicted molar refractivity (Wildman–Crippen MR) is 110 cm³/mol. The Morgan fingerprint density at radius 3 is 2.07 bits per heavy atom. The van der Waals surface area contributed by atoms with Gasteiger partial charge in [-0.25, -0.2) is 0 Å².